The highest BCUT2D eigenvalue weighted by Crippen LogP contribution is 2.19. The molecule has 110 valence electrons. The Morgan fingerprint density at radius 1 is 1.21 bits per heavy atom. The average molecular weight is 268 g/mol. The van der Waals surface area contributed by atoms with E-state index in [0.29, 0.717) is 6.04 Å². The van der Waals surface area contributed by atoms with Crippen LogP contribution in [-0.4, -0.2) is 35.8 Å². The Labute approximate surface area is 116 Å². The van der Waals surface area contributed by atoms with Crippen molar-refractivity contribution in [2.75, 3.05) is 13.1 Å². The molecule has 4 heteroatoms. The number of hydrogen-bond acceptors (Lipinski definition) is 2. The summed E-state index contributed by atoms with van der Waals surface area (Å²) in [5.74, 6) is 0.130. The molecular formula is C15H28N2O2. The highest BCUT2D eigenvalue weighted by atomic mass is 16.2. The van der Waals surface area contributed by atoms with Crippen LogP contribution in [0.3, 0.4) is 0 Å². The first-order valence-electron chi connectivity index (χ1n) is 7.71. The van der Waals surface area contributed by atoms with E-state index in [1.165, 1.54) is 6.42 Å². The van der Waals surface area contributed by atoms with Gasteiger partial charge in [0, 0.05) is 18.5 Å². The summed E-state index contributed by atoms with van der Waals surface area (Å²) in [5.41, 5.74) is 0. The zero-order valence-corrected chi connectivity index (χ0v) is 12.6. The fourth-order valence-corrected chi connectivity index (χ4v) is 2.82. The van der Waals surface area contributed by atoms with E-state index in [1.807, 2.05) is 18.7 Å². The lowest BCUT2D eigenvalue weighted by atomic mass is 10.00. The van der Waals surface area contributed by atoms with Gasteiger partial charge in [0.2, 0.25) is 11.8 Å². The molecular weight excluding hydrogens is 240 g/mol. The third-order valence-electron chi connectivity index (χ3n) is 4.19. The van der Waals surface area contributed by atoms with Gasteiger partial charge < -0.3 is 10.2 Å². The second-order valence-corrected chi connectivity index (χ2v) is 5.38. The molecule has 0 aromatic rings. The molecule has 19 heavy (non-hydrogen) atoms. The Morgan fingerprint density at radius 2 is 1.89 bits per heavy atom. The summed E-state index contributed by atoms with van der Waals surface area (Å²) < 4.78 is 0. The first kappa shape index (κ1) is 16.0. The van der Waals surface area contributed by atoms with Crippen LogP contribution in [0, 0.1) is 5.92 Å². The summed E-state index contributed by atoms with van der Waals surface area (Å²) in [7, 11) is 0. The first-order valence-corrected chi connectivity index (χ1v) is 7.71. The molecule has 1 saturated heterocycles. The molecule has 1 N–H and O–H groups in total. The Morgan fingerprint density at radius 3 is 2.47 bits per heavy atom. The van der Waals surface area contributed by atoms with Crippen LogP contribution in [0.5, 0.6) is 0 Å². The highest BCUT2D eigenvalue weighted by molar-refractivity contribution is 5.86. The van der Waals surface area contributed by atoms with Gasteiger partial charge in [-0.2, -0.15) is 0 Å². The molecule has 1 heterocycles. The van der Waals surface area contributed by atoms with Crippen LogP contribution >= 0.6 is 0 Å². The van der Waals surface area contributed by atoms with Gasteiger partial charge in [0.25, 0.3) is 0 Å². The van der Waals surface area contributed by atoms with Gasteiger partial charge in [0.15, 0.2) is 0 Å². The summed E-state index contributed by atoms with van der Waals surface area (Å²) in [5, 5.41) is 2.80. The second-order valence-electron chi connectivity index (χ2n) is 5.38. The number of amides is 2. The number of rotatable bonds is 6. The summed E-state index contributed by atoms with van der Waals surface area (Å²) in [6, 6.07) is 0.367. The van der Waals surface area contributed by atoms with Gasteiger partial charge in [0.1, 0.15) is 0 Å². The van der Waals surface area contributed by atoms with E-state index in [-0.39, 0.29) is 24.3 Å². The van der Waals surface area contributed by atoms with E-state index in [2.05, 4.69) is 12.2 Å². The van der Waals surface area contributed by atoms with Gasteiger partial charge in [-0.15, -0.1) is 0 Å². The molecule has 0 aromatic heterocycles. The largest absolute Gasteiger partial charge is 0.347 e. The van der Waals surface area contributed by atoms with E-state index in [4.69, 9.17) is 0 Å². The summed E-state index contributed by atoms with van der Waals surface area (Å²) in [6.45, 7) is 7.14. The zero-order chi connectivity index (χ0) is 14.3. The quantitative estimate of drug-likeness (QED) is 0.804. The summed E-state index contributed by atoms with van der Waals surface area (Å²) in [6.07, 6.45) is 6.07. The first-order chi connectivity index (χ1) is 9.13. The fraction of sp³-hybridized carbons (Fsp3) is 0.867. The topological polar surface area (TPSA) is 49.4 Å². The van der Waals surface area contributed by atoms with Gasteiger partial charge in [-0.25, -0.2) is 0 Å². The Balaban J connectivity index is 2.43. The van der Waals surface area contributed by atoms with Crippen molar-refractivity contribution in [1.82, 2.24) is 10.2 Å². The maximum absolute atomic E-state index is 12.2. The van der Waals surface area contributed by atoms with Crippen LogP contribution in [0.4, 0.5) is 0 Å². The van der Waals surface area contributed by atoms with Crippen LogP contribution in [0.1, 0.15) is 59.3 Å². The van der Waals surface area contributed by atoms with Crippen molar-refractivity contribution in [3.8, 4) is 0 Å². The molecule has 0 aliphatic carbocycles. The average Bonchev–Trinajstić information content (AvgIpc) is 2.45. The van der Waals surface area contributed by atoms with Crippen molar-refractivity contribution in [2.24, 2.45) is 5.92 Å². The molecule has 1 unspecified atom stereocenters. The van der Waals surface area contributed by atoms with E-state index >= 15 is 0 Å². The van der Waals surface area contributed by atoms with E-state index < -0.39 is 0 Å². The number of nitrogens with zero attached hydrogens (tertiary/aromatic N) is 1. The fourth-order valence-electron chi connectivity index (χ4n) is 2.82. The van der Waals surface area contributed by atoms with Gasteiger partial charge in [-0.1, -0.05) is 20.8 Å². The minimum absolute atomic E-state index is 0.0170. The Hall–Kier alpha value is -1.06. The number of hydrogen-bond donors (Lipinski definition) is 1. The van der Waals surface area contributed by atoms with Gasteiger partial charge in [-0.05, 0) is 38.5 Å². The monoisotopic (exact) mass is 268 g/mol. The number of carbonyl (C=O) groups is 2. The minimum Gasteiger partial charge on any atom is -0.347 e. The van der Waals surface area contributed by atoms with Crippen molar-refractivity contribution >= 4 is 11.8 Å². The molecule has 4 nitrogen and oxygen atoms in total. The van der Waals surface area contributed by atoms with Crippen molar-refractivity contribution in [1.29, 1.82) is 0 Å². The van der Waals surface area contributed by atoms with Crippen LogP contribution in [0.25, 0.3) is 0 Å². The third kappa shape index (κ3) is 4.51. The van der Waals surface area contributed by atoms with Crippen molar-refractivity contribution < 1.29 is 9.59 Å². The molecule has 0 spiro atoms. The maximum atomic E-state index is 12.2. The van der Waals surface area contributed by atoms with E-state index in [9.17, 15) is 9.59 Å². The number of nitrogens with one attached hydrogen (secondary N) is 1. The molecule has 1 atom stereocenters. The van der Waals surface area contributed by atoms with Crippen LogP contribution in [0.2, 0.25) is 0 Å². The number of carbonyl (C=O) groups excluding carboxylic acids is 2. The van der Waals surface area contributed by atoms with Crippen molar-refractivity contribution in [3.05, 3.63) is 0 Å². The Bertz CT molecular complexity index is 301. The molecule has 1 rings (SSSR count). The van der Waals surface area contributed by atoms with E-state index in [1.54, 1.807) is 0 Å². The van der Waals surface area contributed by atoms with Crippen molar-refractivity contribution in [2.45, 2.75) is 65.3 Å². The van der Waals surface area contributed by atoms with Gasteiger partial charge in [-0.3, -0.25) is 9.59 Å². The standard InChI is InChI=1S/C15H28N2O2/c1-4-12(5-2)15(19)16-11-14(18)17-10-8-7-9-13(17)6-3/h12-13H,4-11H2,1-3H3,(H,16,19). The highest BCUT2D eigenvalue weighted by Gasteiger charge is 2.25. The van der Waals surface area contributed by atoms with Crippen molar-refractivity contribution in [3.63, 3.8) is 0 Å². The molecule has 0 aromatic carbocycles. The number of likely N-dealkylation sites (tertiary alicyclic amines) is 1. The van der Waals surface area contributed by atoms with Crippen LogP contribution in [-0.2, 0) is 9.59 Å². The lowest BCUT2D eigenvalue weighted by molar-refractivity contribution is -0.136. The summed E-state index contributed by atoms with van der Waals surface area (Å²) >= 11 is 0. The minimum atomic E-state index is 0.0170. The SMILES string of the molecule is CCC(CC)C(=O)NCC(=O)N1CCCCC1CC. The molecule has 1 aliphatic heterocycles. The molecule has 0 saturated carbocycles. The Kier molecular flexibility index (Phi) is 6.89. The van der Waals surface area contributed by atoms with E-state index in [0.717, 1.165) is 38.6 Å². The van der Waals surface area contributed by atoms with Gasteiger partial charge >= 0.3 is 0 Å². The lowest BCUT2D eigenvalue weighted by Crippen LogP contribution is -2.48. The van der Waals surface area contributed by atoms with Crippen LogP contribution in [0.15, 0.2) is 0 Å². The van der Waals surface area contributed by atoms with Crippen LogP contribution < -0.4 is 5.32 Å². The van der Waals surface area contributed by atoms with Gasteiger partial charge in [0.05, 0.1) is 6.54 Å². The maximum Gasteiger partial charge on any atom is 0.242 e. The predicted octanol–water partition coefficient (Wildman–Crippen LogP) is 2.33. The number of piperidine rings is 1. The predicted molar refractivity (Wildman–Crippen MR) is 76.7 cm³/mol. The third-order valence-corrected chi connectivity index (χ3v) is 4.19. The molecule has 2 amide bonds. The smallest absolute Gasteiger partial charge is 0.242 e. The molecule has 0 radical (unpaired) electrons. The molecule has 0 bridgehead atoms. The molecule has 1 fully saturated rings. The zero-order valence-electron chi connectivity index (χ0n) is 12.6. The second kappa shape index (κ2) is 8.18. The molecule has 1 aliphatic rings. The lowest BCUT2D eigenvalue weighted by Gasteiger charge is -2.35. The summed E-state index contributed by atoms with van der Waals surface area (Å²) in [4.78, 5) is 26.0. The normalized spacial score (nSPS) is 19.6.